The van der Waals surface area contributed by atoms with Crippen LogP contribution < -0.4 is 5.32 Å². The van der Waals surface area contributed by atoms with Gasteiger partial charge in [0.1, 0.15) is 0 Å². The largest absolute Gasteiger partial charge is 0.339 e. The Balaban J connectivity index is 1.84. The molecule has 0 spiro atoms. The zero-order valence-corrected chi connectivity index (χ0v) is 13.2. The number of nitrogens with zero attached hydrogens (tertiary/aromatic N) is 2. The van der Waals surface area contributed by atoms with Crippen molar-refractivity contribution in [2.24, 2.45) is 0 Å². The Labute approximate surface area is 123 Å². The normalized spacial score (nSPS) is 24.9. The molecule has 1 aliphatic carbocycles. The highest BCUT2D eigenvalue weighted by molar-refractivity contribution is 5.78. The van der Waals surface area contributed by atoms with Crippen LogP contribution in [-0.4, -0.2) is 61.0 Å². The van der Waals surface area contributed by atoms with E-state index in [1.807, 2.05) is 0 Å². The smallest absolute Gasteiger partial charge is 0.236 e. The molecule has 1 atom stereocenters. The monoisotopic (exact) mass is 281 g/mol. The Hall–Kier alpha value is -0.610. The summed E-state index contributed by atoms with van der Waals surface area (Å²) in [6, 6.07) is 1.02. The number of hydrogen-bond acceptors (Lipinski definition) is 3. The van der Waals surface area contributed by atoms with Gasteiger partial charge in [0.2, 0.25) is 5.91 Å². The summed E-state index contributed by atoms with van der Waals surface area (Å²) < 4.78 is 0. The Morgan fingerprint density at radius 1 is 1.10 bits per heavy atom. The summed E-state index contributed by atoms with van der Waals surface area (Å²) in [6.45, 7) is 5.71. The average Bonchev–Trinajstić information content (AvgIpc) is 2.50. The first kappa shape index (κ1) is 15.8. The summed E-state index contributed by atoms with van der Waals surface area (Å²) >= 11 is 0. The van der Waals surface area contributed by atoms with Crippen LogP contribution in [0, 0.1) is 0 Å². The van der Waals surface area contributed by atoms with Gasteiger partial charge in [0.05, 0.1) is 6.54 Å². The van der Waals surface area contributed by atoms with Gasteiger partial charge in [0.25, 0.3) is 0 Å². The molecule has 116 valence electrons. The Kier molecular flexibility index (Phi) is 6.30. The first-order valence-corrected chi connectivity index (χ1v) is 8.42. The van der Waals surface area contributed by atoms with Crippen LogP contribution in [0.2, 0.25) is 0 Å². The van der Waals surface area contributed by atoms with E-state index in [2.05, 4.69) is 29.1 Å². The van der Waals surface area contributed by atoms with Gasteiger partial charge in [0.15, 0.2) is 0 Å². The van der Waals surface area contributed by atoms with E-state index in [4.69, 9.17) is 0 Å². The van der Waals surface area contributed by atoms with Crippen LogP contribution in [0.3, 0.4) is 0 Å². The summed E-state index contributed by atoms with van der Waals surface area (Å²) in [6.07, 6.45) is 8.77. The lowest BCUT2D eigenvalue weighted by molar-refractivity contribution is -0.135. The van der Waals surface area contributed by atoms with Crippen molar-refractivity contribution in [1.82, 2.24) is 15.1 Å². The van der Waals surface area contributed by atoms with E-state index >= 15 is 0 Å². The number of rotatable bonds is 5. The highest BCUT2D eigenvalue weighted by Crippen LogP contribution is 2.22. The lowest BCUT2D eigenvalue weighted by Crippen LogP contribution is -2.50. The fraction of sp³-hybridized carbons (Fsp3) is 0.938. The van der Waals surface area contributed by atoms with Gasteiger partial charge in [-0.05, 0) is 46.2 Å². The number of carbonyl (C=O) groups is 1. The predicted molar refractivity (Wildman–Crippen MR) is 82.8 cm³/mol. The number of hydrogen-bond donors (Lipinski definition) is 1. The molecule has 0 aromatic heterocycles. The number of nitrogens with one attached hydrogen (secondary N) is 1. The van der Waals surface area contributed by atoms with Gasteiger partial charge >= 0.3 is 0 Å². The minimum atomic E-state index is 0.326. The van der Waals surface area contributed by atoms with Gasteiger partial charge < -0.3 is 10.2 Å². The maximum absolute atomic E-state index is 12.6. The molecule has 4 nitrogen and oxygen atoms in total. The molecular weight excluding hydrogens is 250 g/mol. The number of likely N-dealkylation sites (N-methyl/N-ethyl adjacent to an activating group) is 2. The molecule has 0 bridgehead atoms. The van der Waals surface area contributed by atoms with Gasteiger partial charge in [0, 0.05) is 25.2 Å². The van der Waals surface area contributed by atoms with Crippen LogP contribution >= 0.6 is 0 Å². The molecule has 2 aliphatic rings. The molecule has 1 aliphatic heterocycles. The van der Waals surface area contributed by atoms with E-state index in [9.17, 15) is 4.79 Å². The second-order valence-corrected chi connectivity index (χ2v) is 6.39. The lowest BCUT2D eigenvalue weighted by Gasteiger charge is -2.37. The van der Waals surface area contributed by atoms with Crippen LogP contribution in [-0.2, 0) is 4.79 Å². The van der Waals surface area contributed by atoms with Crippen LogP contribution in [0.25, 0.3) is 0 Å². The molecule has 1 heterocycles. The van der Waals surface area contributed by atoms with Crippen LogP contribution in [0.4, 0.5) is 0 Å². The van der Waals surface area contributed by atoms with Crippen molar-refractivity contribution in [3.05, 3.63) is 0 Å². The summed E-state index contributed by atoms with van der Waals surface area (Å²) in [7, 11) is 2.10. The summed E-state index contributed by atoms with van der Waals surface area (Å²) in [5.74, 6) is 0.326. The van der Waals surface area contributed by atoms with Crippen LogP contribution in [0.15, 0.2) is 0 Å². The molecule has 1 saturated carbocycles. The van der Waals surface area contributed by atoms with Gasteiger partial charge in [-0.15, -0.1) is 0 Å². The molecule has 1 N–H and O–H groups in total. The minimum absolute atomic E-state index is 0.326. The second-order valence-electron chi connectivity index (χ2n) is 6.39. The SMILES string of the molecule is CCN(C(=O)CN(C)C1CCCNC1)C1CCCCC1. The Morgan fingerprint density at radius 3 is 2.40 bits per heavy atom. The molecule has 2 fully saturated rings. The van der Waals surface area contributed by atoms with Crippen LogP contribution in [0.5, 0.6) is 0 Å². The van der Waals surface area contributed by atoms with Gasteiger partial charge in [-0.25, -0.2) is 0 Å². The molecule has 0 radical (unpaired) electrons. The predicted octanol–water partition coefficient (Wildman–Crippen LogP) is 1.85. The Morgan fingerprint density at radius 2 is 1.80 bits per heavy atom. The third kappa shape index (κ3) is 4.19. The van der Waals surface area contributed by atoms with Crippen molar-refractivity contribution in [2.45, 2.75) is 64.0 Å². The van der Waals surface area contributed by atoms with Crippen molar-refractivity contribution in [1.29, 1.82) is 0 Å². The number of carbonyl (C=O) groups excluding carboxylic acids is 1. The number of piperidine rings is 1. The highest BCUT2D eigenvalue weighted by atomic mass is 16.2. The Bertz CT molecular complexity index is 296. The fourth-order valence-electron chi connectivity index (χ4n) is 3.67. The summed E-state index contributed by atoms with van der Waals surface area (Å²) in [4.78, 5) is 17.0. The first-order chi connectivity index (χ1) is 9.72. The van der Waals surface area contributed by atoms with Gasteiger partial charge in [-0.3, -0.25) is 9.69 Å². The third-order valence-electron chi connectivity index (χ3n) is 4.96. The minimum Gasteiger partial charge on any atom is -0.339 e. The van der Waals surface area contributed by atoms with Gasteiger partial charge in [-0.1, -0.05) is 19.3 Å². The second kappa shape index (κ2) is 7.99. The molecule has 0 aromatic rings. The lowest BCUT2D eigenvalue weighted by atomic mass is 9.94. The van der Waals surface area contributed by atoms with Crippen molar-refractivity contribution < 1.29 is 4.79 Å². The van der Waals surface area contributed by atoms with E-state index < -0.39 is 0 Å². The topological polar surface area (TPSA) is 35.6 Å². The van der Waals surface area contributed by atoms with Crippen molar-refractivity contribution in [3.8, 4) is 0 Å². The summed E-state index contributed by atoms with van der Waals surface area (Å²) in [5, 5.41) is 3.43. The third-order valence-corrected chi connectivity index (χ3v) is 4.96. The maximum Gasteiger partial charge on any atom is 0.236 e. The van der Waals surface area contributed by atoms with E-state index in [1.165, 1.54) is 44.9 Å². The zero-order valence-electron chi connectivity index (χ0n) is 13.2. The molecule has 1 saturated heterocycles. The maximum atomic E-state index is 12.6. The molecule has 1 amide bonds. The van der Waals surface area contributed by atoms with E-state index in [0.29, 0.717) is 24.5 Å². The number of amides is 1. The van der Waals surface area contributed by atoms with Crippen molar-refractivity contribution in [3.63, 3.8) is 0 Å². The zero-order chi connectivity index (χ0) is 14.4. The van der Waals surface area contributed by atoms with E-state index in [1.54, 1.807) is 0 Å². The first-order valence-electron chi connectivity index (χ1n) is 8.42. The van der Waals surface area contributed by atoms with Crippen LogP contribution in [0.1, 0.15) is 51.9 Å². The van der Waals surface area contributed by atoms with E-state index in [-0.39, 0.29) is 0 Å². The molecule has 20 heavy (non-hydrogen) atoms. The average molecular weight is 281 g/mol. The van der Waals surface area contributed by atoms with Crippen molar-refractivity contribution >= 4 is 5.91 Å². The molecular formula is C16H31N3O. The standard InChI is InChI=1S/C16H31N3O/c1-3-19(14-8-5-4-6-9-14)16(20)13-18(2)15-10-7-11-17-12-15/h14-15,17H,3-13H2,1-2H3. The van der Waals surface area contributed by atoms with Crippen molar-refractivity contribution in [2.75, 3.05) is 33.2 Å². The summed E-state index contributed by atoms with van der Waals surface area (Å²) in [5.41, 5.74) is 0. The molecule has 1 unspecified atom stereocenters. The fourth-order valence-corrected chi connectivity index (χ4v) is 3.67. The van der Waals surface area contributed by atoms with Gasteiger partial charge in [-0.2, -0.15) is 0 Å². The van der Waals surface area contributed by atoms with E-state index in [0.717, 1.165) is 19.6 Å². The molecule has 0 aromatic carbocycles. The molecule has 2 rings (SSSR count). The quantitative estimate of drug-likeness (QED) is 0.835. The highest BCUT2D eigenvalue weighted by Gasteiger charge is 2.26. The molecule has 4 heteroatoms.